The first-order valence-electron chi connectivity index (χ1n) is 10.7. The molecule has 11 nitrogen and oxygen atoms in total. The van der Waals surface area contributed by atoms with Crippen molar-refractivity contribution < 1.29 is 17.9 Å². The Balaban J connectivity index is 1.47. The maximum atomic E-state index is 13.7. The van der Waals surface area contributed by atoms with E-state index in [-0.39, 0.29) is 23.0 Å². The minimum Gasteiger partial charge on any atom is -0.454 e. The molecule has 0 amide bonds. The van der Waals surface area contributed by atoms with Crippen LogP contribution in [0.1, 0.15) is 5.56 Å². The molecule has 0 fully saturated rings. The first-order chi connectivity index (χ1) is 17.5. The van der Waals surface area contributed by atoms with Crippen LogP contribution in [-0.2, 0) is 10.0 Å². The SMILES string of the molecule is CN/C=C(\C=N)c1cnc2cnn(S(=O)(=O)c3cnc4c#cc(-c5ccc6c(c5)OCO6)cn34)c2c1. The van der Waals surface area contributed by atoms with Crippen LogP contribution in [0.15, 0.2) is 60.3 Å². The van der Waals surface area contributed by atoms with Gasteiger partial charge in [-0.25, -0.2) is 4.98 Å². The Labute approximate surface area is 205 Å². The lowest BCUT2D eigenvalue weighted by molar-refractivity contribution is 0.174. The van der Waals surface area contributed by atoms with Crippen LogP contribution in [0.4, 0.5) is 0 Å². The van der Waals surface area contributed by atoms with E-state index in [0.717, 1.165) is 15.9 Å². The Morgan fingerprint density at radius 3 is 2.83 bits per heavy atom. The first-order valence-corrected chi connectivity index (χ1v) is 12.1. The smallest absolute Gasteiger partial charge is 0.301 e. The normalized spacial score (nSPS) is 13.2. The van der Waals surface area contributed by atoms with Crippen molar-refractivity contribution in [3.63, 3.8) is 0 Å². The van der Waals surface area contributed by atoms with Gasteiger partial charge in [-0.3, -0.25) is 9.38 Å². The van der Waals surface area contributed by atoms with E-state index >= 15 is 0 Å². The molecule has 0 spiro atoms. The van der Waals surface area contributed by atoms with Gasteiger partial charge >= 0.3 is 10.0 Å². The molecular formula is C24H17N7O4S. The molecule has 0 radical (unpaired) electrons. The highest BCUT2D eigenvalue weighted by Crippen LogP contribution is 2.35. The van der Waals surface area contributed by atoms with Crippen LogP contribution in [0.25, 0.3) is 33.4 Å². The maximum absolute atomic E-state index is 13.7. The molecular weight excluding hydrogens is 482 g/mol. The molecule has 4 aromatic heterocycles. The lowest BCUT2D eigenvalue weighted by Crippen LogP contribution is -2.16. The summed E-state index contributed by atoms with van der Waals surface area (Å²) < 4.78 is 40.6. The van der Waals surface area contributed by atoms with Crippen LogP contribution in [0.5, 0.6) is 11.5 Å². The predicted molar refractivity (Wildman–Crippen MR) is 130 cm³/mol. The predicted octanol–water partition coefficient (Wildman–Crippen LogP) is 2.52. The summed E-state index contributed by atoms with van der Waals surface area (Å²) in [6, 6.07) is 13.0. The standard InChI is InChI=1S/C24H17N7O4S/c1-26-9-18(8-25)17-6-20-19(27-10-17)11-29-31(20)36(32,33)24-12-28-23-5-3-16(13-30(23)24)15-2-4-21-22(7-15)35-14-34-21/h2,4,6-13,25-26H,14H2,1H3/b18-9+,25-8?. The number of hydrogen-bond acceptors (Lipinski definition) is 9. The number of ether oxygens (including phenoxy) is 2. The van der Waals surface area contributed by atoms with Gasteiger partial charge in [0.25, 0.3) is 0 Å². The lowest BCUT2D eigenvalue weighted by atomic mass is 10.1. The first kappa shape index (κ1) is 21.6. The van der Waals surface area contributed by atoms with Crippen molar-refractivity contribution >= 4 is 38.5 Å². The zero-order valence-corrected chi connectivity index (χ0v) is 19.6. The number of nitrogens with one attached hydrogen (secondary N) is 2. The van der Waals surface area contributed by atoms with Crippen LogP contribution in [-0.4, -0.2) is 52.0 Å². The van der Waals surface area contributed by atoms with E-state index in [1.807, 2.05) is 6.07 Å². The second kappa shape index (κ2) is 8.10. The van der Waals surface area contributed by atoms with E-state index in [2.05, 4.69) is 32.5 Å². The summed E-state index contributed by atoms with van der Waals surface area (Å²) in [4.78, 5) is 8.52. The van der Waals surface area contributed by atoms with E-state index in [9.17, 15) is 8.42 Å². The highest BCUT2D eigenvalue weighted by atomic mass is 32.2. The summed E-state index contributed by atoms with van der Waals surface area (Å²) in [6.45, 7) is 0.151. The lowest BCUT2D eigenvalue weighted by Gasteiger charge is -2.07. The van der Waals surface area contributed by atoms with E-state index < -0.39 is 10.0 Å². The monoisotopic (exact) mass is 499 g/mol. The van der Waals surface area contributed by atoms with Crippen molar-refractivity contribution in [2.45, 2.75) is 5.03 Å². The summed E-state index contributed by atoms with van der Waals surface area (Å²) >= 11 is 0. The van der Waals surface area contributed by atoms with Crippen LogP contribution < -0.4 is 14.8 Å². The Hall–Kier alpha value is -4.89. The van der Waals surface area contributed by atoms with Gasteiger partial charge in [0.1, 0.15) is 11.0 Å². The molecule has 0 aliphatic carbocycles. The Kier molecular flexibility index (Phi) is 4.87. The third kappa shape index (κ3) is 3.33. The molecule has 36 heavy (non-hydrogen) atoms. The number of benzene rings is 1. The van der Waals surface area contributed by atoms with Crippen molar-refractivity contribution in [3.8, 4) is 22.6 Å². The van der Waals surface area contributed by atoms with Crippen molar-refractivity contribution in [2.24, 2.45) is 0 Å². The molecule has 0 saturated carbocycles. The summed E-state index contributed by atoms with van der Waals surface area (Å²) in [7, 11) is -2.47. The maximum Gasteiger partial charge on any atom is 0.301 e. The average molecular weight is 500 g/mol. The number of allylic oxidation sites excluding steroid dienone is 1. The quantitative estimate of drug-likeness (QED) is 0.340. The minimum atomic E-state index is -4.18. The van der Waals surface area contributed by atoms with Gasteiger partial charge in [0, 0.05) is 48.6 Å². The molecule has 2 N–H and O–H groups in total. The number of fused-ring (bicyclic) bond motifs is 3. The number of rotatable bonds is 6. The molecule has 6 rings (SSSR count). The zero-order valence-electron chi connectivity index (χ0n) is 18.8. The van der Waals surface area contributed by atoms with Gasteiger partial charge in [0.15, 0.2) is 22.2 Å². The molecule has 0 bridgehead atoms. The molecule has 0 unspecified atom stereocenters. The molecule has 5 aromatic rings. The average Bonchev–Trinajstić information content (AvgIpc) is 3.64. The fourth-order valence-corrected chi connectivity index (χ4v) is 5.26. The molecule has 0 atom stereocenters. The molecule has 1 aromatic carbocycles. The van der Waals surface area contributed by atoms with E-state index in [1.165, 1.54) is 16.8 Å². The fraction of sp³-hybridized carbons (Fsp3) is 0.0833. The van der Waals surface area contributed by atoms with Gasteiger partial charge < -0.3 is 20.2 Å². The van der Waals surface area contributed by atoms with Crippen LogP contribution in [0, 0.1) is 17.5 Å². The molecule has 178 valence electrons. The second-order valence-electron chi connectivity index (χ2n) is 7.80. The van der Waals surface area contributed by atoms with Crippen molar-refractivity contribution in [2.75, 3.05) is 13.8 Å². The zero-order chi connectivity index (χ0) is 24.9. The minimum absolute atomic E-state index is 0.0989. The number of aromatic nitrogens is 5. The van der Waals surface area contributed by atoms with Crippen LogP contribution in [0.2, 0.25) is 0 Å². The van der Waals surface area contributed by atoms with E-state index in [1.54, 1.807) is 43.8 Å². The Morgan fingerprint density at radius 2 is 2.00 bits per heavy atom. The third-order valence-electron chi connectivity index (χ3n) is 5.68. The van der Waals surface area contributed by atoms with Gasteiger partial charge in [-0.1, -0.05) is 6.07 Å². The second-order valence-corrected chi connectivity index (χ2v) is 9.52. The number of nitrogens with zero attached hydrogens (tertiary/aromatic N) is 5. The van der Waals surface area contributed by atoms with Crippen LogP contribution in [0.3, 0.4) is 0 Å². The van der Waals surface area contributed by atoms with Crippen molar-refractivity contribution in [1.29, 1.82) is 5.41 Å². The number of imidazole rings is 1. The Bertz CT molecular complexity index is 1800. The van der Waals surface area contributed by atoms with Gasteiger partial charge in [-0.2, -0.15) is 17.6 Å². The highest BCUT2D eigenvalue weighted by Gasteiger charge is 2.26. The molecule has 5 heterocycles. The molecule has 1 aliphatic rings. The fourth-order valence-electron chi connectivity index (χ4n) is 3.94. The van der Waals surface area contributed by atoms with E-state index in [0.29, 0.717) is 33.7 Å². The number of hydrogen-bond donors (Lipinski definition) is 2. The molecule has 12 heteroatoms. The van der Waals surface area contributed by atoms with Gasteiger partial charge in [-0.05, 0) is 35.9 Å². The van der Waals surface area contributed by atoms with Gasteiger partial charge in [-0.15, -0.1) is 0 Å². The van der Waals surface area contributed by atoms with Crippen molar-refractivity contribution in [1.82, 2.24) is 28.9 Å². The van der Waals surface area contributed by atoms with Gasteiger partial charge in [0.05, 0.1) is 12.4 Å². The summed E-state index contributed by atoms with van der Waals surface area (Å²) in [5.74, 6) is 1.24. The summed E-state index contributed by atoms with van der Waals surface area (Å²) in [6.07, 6.45) is 8.60. The molecule has 1 aliphatic heterocycles. The number of pyridine rings is 1. The van der Waals surface area contributed by atoms with E-state index in [4.69, 9.17) is 14.9 Å². The summed E-state index contributed by atoms with van der Waals surface area (Å²) in [5, 5.41) is 14.5. The van der Waals surface area contributed by atoms with Gasteiger partial charge in [0.2, 0.25) is 6.79 Å². The Morgan fingerprint density at radius 1 is 1.14 bits per heavy atom. The largest absolute Gasteiger partial charge is 0.454 e. The molecule has 0 saturated heterocycles. The highest BCUT2D eigenvalue weighted by molar-refractivity contribution is 7.90. The third-order valence-corrected chi connectivity index (χ3v) is 7.26. The topological polar surface area (TPSA) is 136 Å². The van der Waals surface area contributed by atoms with Crippen molar-refractivity contribution in [3.05, 3.63) is 72.9 Å². The van der Waals surface area contributed by atoms with Crippen LogP contribution >= 0.6 is 0 Å². The summed E-state index contributed by atoms with van der Waals surface area (Å²) in [5.41, 5.74) is 3.40.